The van der Waals surface area contributed by atoms with E-state index in [0.717, 1.165) is 22.8 Å². The van der Waals surface area contributed by atoms with Crippen LogP contribution >= 0.6 is 11.6 Å². The molecule has 1 atom stereocenters. The van der Waals surface area contributed by atoms with Crippen molar-refractivity contribution in [3.8, 4) is 5.69 Å². The number of ketones is 1. The number of carbonyl (C=O) groups is 1. The van der Waals surface area contributed by atoms with E-state index >= 15 is 0 Å². The van der Waals surface area contributed by atoms with Crippen LogP contribution in [0.4, 0.5) is 11.5 Å². The Kier molecular flexibility index (Phi) is 4.45. The summed E-state index contributed by atoms with van der Waals surface area (Å²) in [6.45, 7) is 0. The summed E-state index contributed by atoms with van der Waals surface area (Å²) in [5.41, 5.74) is 3.23. The molecule has 5 rings (SSSR count). The molecule has 0 bridgehead atoms. The summed E-state index contributed by atoms with van der Waals surface area (Å²) < 4.78 is 7.44. The van der Waals surface area contributed by atoms with E-state index in [1.165, 1.54) is 0 Å². The third-order valence-electron chi connectivity index (χ3n) is 5.17. The average Bonchev–Trinajstić information content (AvgIpc) is 3.37. The van der Waals surface area contributed by atoms with Gasteiger partial charge in [-0.15, -0.1) is 5.10 Å². The summed E-state index contributed by atoms with van der Waals surface area (Å²) in [6.07, 6.45) is 2.72. The number of nitrogens with one attached hydrogen (secondary N) is 1. The molecule has 1 aliphatic carbocycles. The Morgan fingerprint density at radius 2 is 1.90 bits per heavy atom. The van der Waals surface area contributed by atoms with Crippen molar-refractivity contribution in [1.29, 1.82) is 0 Å². The van der Waals surface area contributed by atoms with E-state index in [1.54, 1.807) is 6.26 Å². The van der Waals surface area contributed by atoms with Crippen LogP contribution in [0.2, 0.25) is 5.02 Å². The number of Topliss-reactive ketones (excluding diaryl/α,β-unsaturated/α-hetero) is 1. The number of carbonyl (C=O) groups excluding carboxylic acids is 1. The Morgan fingerprint density at radius 3 is 2.66 bits per heavy atom. The lowest BCUT2D eigenvalue weighted by Gasteiger charge is -2.21. The van der Waals surface area contributed by atoms with Gasteiger partial charge >= 0.3 is 0 Å². The molecule has 2 aromatic heterocycles. The van der Waals surface area contributed by atoms with Crippen LogP contribution < -0.4 is 5.32 Å². The summed E-state index contributed by atoms with van der Waals surface area (Å²) >= 11 is 6.12. The van der Waals surface area contributed by atoms with E-state index in [0.29, 0.717) is 29.2 Å². The highest BCUT2D eigenvalue weighted by atomic mass is 35.5. The lowest BCUT2D eigenvalue weighted by molar-refractivity contribution is 0.0960. The van der Waals surface area contributed by atoms with Crippen LogP contribution in [0.25, 0.3) is 5.69 Å². The first kappa shape index (κ1) is 17.8. The van der Waals surface area contributed by atoms with Gasteiger partial charge in [-0.3, -0.25) is 4.79 Å². The van der Waals surface area contributed by atoms with E-state index in [-0.39, 0.29) is 11.7 Å². The van der Waals surface area contributed by atoms with Crippen LogP contribution in [-0.2, 0) is 6.42 Å². The largest absolute Gasteiger partial charge is 0.469 e. The maximum atomic E-state index is 13.2. The molecule has 2 heterocycles. The molecular weight excluding hydrogens is 386 g/mol. The number of furan rings is 1. The van der Waals surface area contributed by atoms with Gasteiger partial charge in [0.25, 0.3) is 0 Å². The molecule has 0 radical (unpaired) electrons. The zero-order chi connectivity index (χ0) is 19.8. The molecule has 2 aromatic carbocycles. The Labute approximate surface area is 172 Å². The summed E-state index contributed by atoms with van der Waals surface area (Å²) in [7, 11) is 0. The van der Waals surface area contributed by atoms with Crippen molar-refractivity contribution in [2.24, 2.45) is 0 Å². The van der Waals surface area contributed by atoms with Crippen LogP contribution in [0.15, 0.2) is 77.4 Å². The first-order valence-corrected chi connectivity index (χ1v) is 9.83. The van der Waals surface area contributed by atoms with Crippen LogP contribution in [0.5, 0.6) is 0 Å². The Morgan fingerprint density at radius 1 is 1.03 bits per heavy atom. The predicted octanol–water partition coefficient (Wildman–Crippen LogP) is 5.78. The molecule has 1 N–H and O–H groups in total. The number of hydrogen-bond acceptors (Lipinski definition) is 4. The van der Waals surface area contributed by atoms with Crippen LogP contribution in [0.1, 0.15) is 34.2 Å². The fourth-order valence-corrected chi connectivity index (χ4v) is 4.05. The summed E-state index contributed by atoms with van der Waals surface area (Å²) in [5.74, 6) is 1.44. The highest BCUT2D eigenvalue weighted by Gasteiger charge is 2.34. The lowest BCUT2D eigenvalue weighted by atomic mass is 9.85. The standard InChI is InChI=1S/C23H18ClN3O2/c24-16-6-4-7-17(14-16)25-23-22-19(27(26-23)18-8-2-1-3-9-18)12-15(13-20(22)28)21-10-5-11-29-21/h1-11,14-15H,12-13H2,(H,25,26)/t15-/m1/s1. The maximum Gasteiger partial charge on any atom is 0.169 e. The second-order valence-corrected chi connectivity index (χ2v) is 7.53. The Hall–Kier alpha value is -3.31. The summed E-state index contributed by atoms with van der Waals surface area (Å²) in [6, 6.07) is 21.0. The van der Waals surface area contributed by atoms with Crippen molar-refractivity contribution in [1.82, 2.24) is 9.78 Å². The molecule has 0 aliphatic heterocycles. The second kappa shape index (κ2) is 7.26. The molecule has 0 saturated heterocycles. The number of benzene rings is 2. The van der Waals surface area contributed by atoms with Crippen molar-refractivity contribution in [2.75, 3.05) is 5.32 Å². The molecule has 0 amide bonds. The van der Waals surface area contributed by atoms with E-state index in [9.17, 15) is 4.79 Å². The maximum absolute atomic E-state index is 13.2. The van der Waals surface area contributed by atoms with Crippen LogP contribution in [0.3, 0.4) is 0 Å². The summed E-state index contributed by atoms with van der Waals surface area (Å²) in [4.78, 5) is 13.2. The van der Waals surface area contributed by atoms with Crippen molar-refractivity contribution >= 4 is 28.9 Å². The number of nitrogens with zero attached hydrogens (tertiary/aromatic N) is 2. The second-order valence-electron chi connectivity index (χ2n) is 7.10. The van der Waals surface area contributed by atoms with Crippen molar-refractivity contribution in [3.05, 3.63) is 95.0 Å². The molecule has 4 aromatic rings. The molecule has 5 nitrogen and oxygen atoms in total. The molecule has 29 heavy (non-hydrogen) atoms. The van der Waals surface area contributed by atoms with Gasteiger partial charge < -0.3 is 9.73 Å². The molecule has 0 fully saturated rings. The normalized spacial score (nSPS) is 15.9. The smallest absolute Gasteiger partial charge is 0.169 e. The zero-order valence-electron chi connectivity index (χ0n) is 15.5. The minimum absolute atomic E-state index is 0.00295. The van der Waals surface area contributed by atoms with E-state index in [2.05, 4.69) is 5.32 Å². The molecule has 0 saturated carbocycles. The highest BCUT2D eigenvalue weighted by molar-refractivity contribution is 6.30. The topological polar surface area (TPSA) is 60.1 Å². The van der Waals surface area contributed by atoms with Gasteiger partial charge in [-0.2, -0.15) is 0 Å². The number of rotatable bonds is 4. The van der Waals surface area contributed by atoms with Crippen molar-refractivity contribution in [3.63, 3.8) is 0 Å². The first-order chi connectivity index (χ1) is 14.2. The number of fused-ring (bicyclic) bond motifs is 1. The number of aromatic nitrogens is 2. The van der Waals surface area contributed by atoms with Crippen LogP contribution in [-0.4, -0.2) is 15.6 Å². The first-order valence-electron chi connectivity index (χ1n) is 9.45. The van der Waals surface area contributed by atoms with Gasteiger partial charge in [-0.1, -0.05) is 35.9 Å². The number of anilines is 2. The number of halogens is 1. The third kappa shape index (κ3) is 3.34. The molecular formula is C23H18ClN3O2. The van der Waals surface area contributed by atoms with Gasteiger partial charge in [0.1, 0.15) is 5.76 Å². The average molecular weight is 404 g/mol. The molecule has 0 unspecified atom stereocenters. The minimum atomic E-state index is 0.00295. The lowest BCUT2D eigenvalue weighted by Crippen LogP contribution is -2.20. The third-order valence-corrected chi connectivity index (χ3v) is 5.40. The van der Waals surface area contributed by atoms with Gasteiger partial charge in [0.05, 0.1) is 23.2 Å². The minimum Gasteiger partial charge on any atom is -0.469 e. The Bertz CT molecular complexity index is 1170. The van der Waals surface area contributed by atoms with Gasteiger partial charge in [0, 0.05) is 29.5 Å². The molecule has 144 valence electrons. The number of hydrogen-bond donors (Lipinski definition) is 1. The zero-order valence-corrected chi connectivity index (χ0v) is 16.3. The number of para-hydroxylation sites is 1. The van der Waals surface area contributed by atoms with E-state index in [1.807, 2.05) is 71.4 Å². The fourth-order valence-electron chi connectivity index (χ4n) is 3.86. The van der Waals surface area contributed by atoms with E-state index in [4.69, 9.17) is 21.1 Å². The SMILES string of the molecule is O=C1C[C@H](c2ccco2)Cc2c1c(Nc1cccc(Cl)c1)nn2-c1ccccc1. The summed E-state index contributed by atoms with van der Waals surface area (Å²) in [5, 5.41) is 8.67. The van der Waals surface area contributed by atoms with Crippen molar-refractivity contribution in [2.45, 2.75) is 18.8 Å². The van der Waals surface area contributed by atoms with Gasteiger partial charge in [0.2, 0.25) is 0 Å². The van der Waals surface area contributed by atoms with Crippen LogP contribution in [0, 0.1) is 0 Å². The van der Waals surface area contributed by atoms with E-state index < -0.39 is 0 Å². The van der Waals surface area contributed by atoms with Gasteiger partial charge in [0.15, 0.2) is 11.6 Å². The predicted molar refractivity (Wildman–Crippen MR) is 112 cm³/mol. The fraction of sp³-hybridized carbons (Fsp3) is 0.130. The quantitative estimate of drug-likeness (QED) is 0.469. The van der Waals surface area contributed by atoms with Gasteiger partial charge in [-0.05, 0) is 42.5 Å². The molecule has 0 spiro atoms. The highest BCUT2D eigenvalue weighted by Crippen LogP contribution is 2.38. The molecule has 1 aliphatic rings. The van der Waals surface area contributed by atoms with Gasteiger partial charge in [-0.25, -0.2) is 4.68 Å². The molecule has 6 heteroatoms. The Balaban J connectivity index is 1.62. The monoisotopic (exact) mass is 403 g/mol. The van der Waals surface area contributed by atoms with Crippen molar-refractivity contribution < 1.29 is 9.21 Å².